The molecule has 3 aromatic rings. The predicted octanol–water partition coefficient (Wildman–Crippen LogP) is 4.30. The van der Waals surface area contributed by atoms with Crippen molar-refractivity contribution < 1.29 is 19.4 Å². The van der Waals surface area contributed by atoms with Crippen molar-refractivity contribution >= 4 is 11.9 Å². The van der Waals surface area contributed by atoms with Crippen molar-refractivity contribution in [1.82, 2.24) is 20.2 Å². The minimum absolute atomic E-state index is 0.0706. The van der Waals surface area contributed by atoms with Crippen molar-refractivity contribution in [3.05, 3.63) is 66.5 Å². The molecule has 8 heteroatoms. The van der Waals surface area contributed by atoms with Gasteiger partial charge in [-0.05, 0) is 55.5 Å². The summed E-state index contributed by atoms with van der Waals surface area (Å²) in [4.78, 5) is 34.4. The molecule has 1 aliphatic heterocycles. The number of carbonyl (C=O) groups is 2. The Morgan fingerprint density at radius 1 is 1.00 bits per heavy atom. The molecule has 0 spiro atoms. The number of benzene rings is 2. The van der Waals surface area contributed by atoms with E-state index in [-0.39, 0.29) is 19.0 Å². The van der Waals surface area contributed by atoms with Crippen LogP contribution in [0.15, 0.2) is 60.9 Å². The predicted molar refractivity (Wildman–Crippen MR) is 147 cm³/mol. The third kappa shape index (κ3) is 6.95. The molecule has 200 valence electrons. The highest BCUT2D eigenvalue weighted by atomic mass is 16.5. The Balaban J connectivity index is 1.32. The fourth-order valence-electron chi connectivity index (χ4n) is 4.42. The van der Waals surface area contributed by atoms with Gasteiger partial charge in [-0.1, -0.05) is 50.2 Å². The Bertz CT molecular complexity index is 1200. The molecule has 38 heavy (non-hydrogen) atoms. The van der Waals surface area contributed by atoms with Crippen LogP contribution in [0.3, 0.4) is 0 Å². The van der Waals surface area contributed by atoms with Crippen molar-refractivity contribution in [3.63, 3.8) is 0 Å². The van der Waals surface area contributed by atoms with Gasteiger partial charge in [0.05, 0.1) is 18.6 Å². The number of carbonyl (C=O) groups excluding carboxylic acids is 1. The Morgan fingerprint density at radius 2 is 1.63 bits per heavy atom. The van der Waals surface area contributed by atoms with Crippen molar-refractivity contribution in [2.24, 2.45) is 11.8 Å². The lowest BCUT2D eigenvalue weighted by molar-refractivity contribution is -0.153. The van der Waals surface area contributed by atoms with Crippen LogP contribution in [0.5, 0.6) is 5.75 Å². The molecule has 0 aliphatic carbocycles. The molecule has 4 rings (SSSR count). The molecule has 0 saturated carbocycles. The van der Waals surface area contributed by atoms with Gasteiger partial charge in [-0.2, -0.15) is 0 Å². The number of aliphatic carboxylic acids is 1. The van der Waals surface area contributed by atoms with Crippen LogP contribution in [0.2, 0.25) is 0 Å². The maximum absolute atomic E-state index is 12.7. The molecule has 1 saturated heterocycles. The number of ether oxygens (including phenoxy) is 1. The van der Waals surface area contributed by atoms with E-state index < -0.39 is 17.9 Å². The highest BCUT2D eigenvalue weighted by molar-refractivity contribution is 5.85. The maximum Gasteiger partial charge on any atom is 0.310 e. The Kier molecular flexibility index (Phi) is 9.07. The molecule has 1 amide bonds. The third-order valence-electron chi connectivity index (χ3n) is 6.88. The average Bonchev–Trinajstić information content (AvgIpc) is 2.89. The first kappa shape index (κ1) is 27.3. The molecule has 1 aliphatic rings. The fraction of sp³-hybridized carbons (Fsp3) is 0.400. The molecule has 1 fully saturated rings. The van der Waals surface area contributed by atoms with Gasteiger partial charge in [0.2, 0.25) is 5.91 Å². The molecule has 1 unspecified atom stereocenters. The van der Waals surface area contributed by atoms with Crippen molar-refractivity contribution in [2.75, 3.05) is 26.7 Å². The molecule has 8 nitrogen and oxygen atoms in total. The SMILES string of the molecule is CNC(Cc1ccc(-c2ncc(-c3ccc(OCCCC(C)C)cc3)cn2)cc1)C(=O)N1CC(C(=O)O)C1. The number of hydrogen-bond acceptors (Lipinski definition) is 6. The van der Waals surface area contributed by atoms with Gasteiger partial charge in [-0.25, -0.2) is 9.97 Å². The van der Waals surface area contributed by atoms with Crippen LogP contribution in [0, 0.1) is 11.8 Å². The molecule has 2 aromatic carbocycles. The Hall–Kier alpha value is -3.78. The second-order valence-corrected chi connectivity index (χ2v) is 10.2. The number of carboxylic acid groups (broad SMARTS) is 1. The second kappa shape index (κ2) is 12.6. The normalized spacial score (nSPS) is 14.3. The number of carboxylic acids is 1. The number of amides is 1. The highest BCUT2D eigenvalue weighted by Gasteiger charge is 2.37. The van der Waals surface area contributed by atoms with Crippen LogP contribution in [0.25, 0.3) is 22.5 Å². The Labute approximate surface area is 224 Å². The monoisotopic (exact) mass is 516 g/mol. The summed E-state index contributed by atoms with van der Waals surface area (Å²) in [6.45, 7) is 5.71. The van der Waals surface area contributed by atoms with Gasteiger partial charge < -0.3 is 20.1 Å². The van der Waals surface area contributed by atoms with Gasteiger partial charge >= 0.3 is 5.97 Å². The topological polar surface area (TPSA) is 105 Å². The number of nitrogens with one attached hydrogen (secondary N) is 1. The maximum atomic E-state index is 12.7. The third-order valence-corrected chi connectivity index (χ3v) is 6.88. The molecular weight excluding hydrogens is 480 g/mol. The lowest BCUT2D eigenvalue weighted by atomic mass is 9.97. The number of hydrogen-bond donors (Lipinski definition) is 2. The zero-order valence-corrected chi connectivity index (χ0v) is 22.3. The van der Waals surface area contributed by atoms with E-state index in [9.17, 15) is 9.59 Å². The van der Waals surface area contributed by atoms with Gasteiger partial charge in [0.1, 0.15) is 5.75 Å². The largest absolute Gasteiger partial charge is 0.494 e. The molecule has 1 atom stereocenters. The van der Waals surface area contributed by atoms with Crippen LogP contribution < -0.4 is 10.1 Å². The Morgan fingerprint density at radius 3 is 2.21 bits per heavy atom. The zero-order chi connectivity index (χ0) is 27.1. The van der Waals surface area contributed by atoms with E-state index in [4.69, 9.17) is 9.84 Å². The van der Waals surface area contributed by atoms with E-state index in [1.165, 1.54) is 0 Å². The molecule has 0 bridgehead atoms. The smallest absolute Gasteiger partial charge is 0.310 e. The van der Waals surface area contributed by atoms with Crippen LogP contribution in [-0.2, 0) is 16.0 Å². The zero-order valence-electron chi connectivity index (χ0n) is 22.3. The van der Waals surface area contributed by atoms with Gasteiger partial charge in [0, 0.05) is 36.6 Å². The number of aromatic nitrogens is 2. The average molecular weight is 517 g/mol. The minimum Gasteiger partial charge on any atom is -0.494 e. The number of likely N-dealkylation sites (tertiary alicyclic amines) is 1. The van der Waals surface area contributed by atoms with E-state index in [0.717, 1.165) is 47.5 Å². The molecular formula is C30H36N4O4. The minimum atomic E-state index is -0.851. The van der Waals surface area contributed by atoms with Gasteiger partial charge in [0.15, 0.2) is 5.82 Å². The molecule has 2 N–H and O–H groups in total. The molecule has 0 radical (unpaired) electrons. The van der Waals surface area contributed by atoms with Crippen LogP contribution >= 0.6 is 0 Å². The van der Waals surface area contributed by atoms with Crippen molar-refractivity contribution in [2.45, 2.75) is 39.2 Å². The second-order valence-electron chi connectivity index (χ2n) is 10.2. The van der Waals surface area contributed by atoms with E-state index in [1.54, 1.807) is 11.9 Å². The summed E-state index contributed by atoms with van der Waals surface area (Å²) in [5, 5.41) is 12.1. The number of likely N-dealkylation sites (N-methyl/N-ethyl adjacent to an activating group) is 1. The van der Waals surface area contributed by atoms with E-state index in [2.05, 4.69) is 29.1 Å². The van der Waals surface area contributed by atoms with Crippen LogP contribution in [-0.4, -0.2) is 64.6 Å². The number of rotatable bonds is 12. The summed E-state index contributed by atoms with van der Waals surface area (Å²) in [5.74, 6) is 0.809. The van der Waals surface area contributed by atoms with Crippen LogP contribution in [0.1, 0.15) is 32.3 Å². The summed E-state index contributed by atoms with van der Waals surface area (Å²) < 4.78 is 5.83. The first-order chi connectivity index (χ1) is 18.3. The lowest BCUT2D eigenvalue weighted by Crippen LogP contribution is -2.58. The van der Waals surface area contributed by atoms with Gasteiger partial charge in [-0.3, -0.25) is 9.59 Å². The van der Waals surface area contributed by atoms with Crippen molar-refractivity contribution in [1.29, 1.82) is 0 Å². The molecule has 2 heterocycles. The molecule has 1 aromatic heterocycles. The first-order valence-electron chi connectivity index (χ1n) is 13.2. The number of nitrogens with zero attached hydrogens (tertiary/aromatic N) is 3. The summed E-state index contributed by atoms with van der Waals surface area (Å²) in [6, 6.07) is 15.5. The first-order valence-corrected chi connectivity index (χ1v) is 13.2. The quantitative estimate of drug-likeness (QED) is 0.346. The summed E-state index contributed by atoms with van der Waals surface area (Å²) in [5.41, 5.74) is 3.86. The standard InChI is InChI=1S/C30H36N4O4/c1-20(2)5-4-14-38-26-12-10-22(11-13-26)24-16-32-28(33-17-24)23-8-6-21(7-9-23)15-27(31-3)29(35)34-18-25(19-34)30(36)37/h6-13,16-17,20,25,27,31H,4-5,14-15,18-19H2,1-3H3,(H,36,37). The summed E-state index contributed by atoms with van der Waals surface area (Å²) in [6.07, 6.45) is 6.37. The van der Waals surface area contributed by atoms with Crippen LogP contribution in [0.4, 0.5) is 0 Å². The van der Waals surface area contributed by atoms with Gasteiger partial charge in [-0.15, -0.1) is 0 Å². The van der Waals surface area contributed by atoms with E-state index >= 15 is 0 Å². The van der Waals surface area contributed by atoms with Gasteiger partial charge in [0.25, 0.3) is 0 Å². The summed E-state index contributed by atoms with van der Waals surface area (Å²) >= 11 is 0. The lowest BCUT2D eigenvalue weighted by Gasteiger charge is -2.38. The summed E-state index contributed by atoms with van der Waals surface area (Å²) in [7, 11) is 1.75. The van der Waals surface area contributed by atoms with E-state index in [0.29, 0.717) is 18.2 Å². The van der Waals surface area contributed by atoms with Crippen molar-refractivity contribution in [3.8, 4) is 28.3 Å². The highest BCUT2D eigenvalue weighted by Crippen LogP contribution is 2.24. The fourth-order valence-corrected chi connectivity index (χ4v) is 4.42. The van der Waals surface area contributed by atoms with E-state index in [1.807, 2.05) is 60.9 Å².